The van der Waals surface area contributed by atoms with Gasteiger partial charge in [-0.3, -0.25) is 10.2 Å². The van der Waals surface area contributed by atoms with Crippen LogP contribution in [0.5, 0.6) is 0 Å². The average molecular weight is 475 g/mol. The van der Waals surface area contributed by atoms with E-state index in [2.05, 4.69) is 58.1 Å². The number of piperazine rings is 1. The summed E-state index contributed by atoms with van der Waals surface area (Å²) in [5.41, 5.74) is 10.7. The van der Waals surface area contributed by atoms with Crippen LogP contribution in [0.3, 0.4) is 0 Å². The molecule has 1 aromatic heterocycles. The van der Waals surface area contributed by atoms with E-state index in [1.807, 2.05) is 31.0 Å². The second kappa shape index (κ2) is 10.2. The molecule has 0 bridgehead atoms. The lowest BCUT2D eigenvalue weighted by molar-refractivity contribution is 0.0994. The number of aromatic nitrogens is 2. The fourth-order valence-electron chi connectivity index (χ4n) is 4.55. The number of carbonyl (C=O) groups excluding carboxylic acids is 1. The zero-order valence-corrected chi connectivity index (χ0v) is 20.7. The molecule has 0 saturated carbocycles. The van der Waals surface area contributed by atoms with Gasteiger partial charge in [0, 0.05) is 62.4 Å². The minimum Gasteiger partial charge on any atom is -0.388 e. The summed E-state index contributed by atoms with van der Waals surface area (Å²) >= 11 is 0. The standard InChI is InChI=1S/C26H34N8O/c1-5-19(29-3)7-6-18(2)34-24-22(23(30-34)26(28)35)12-13-33(25(24)27)21-10-8-20(9-11-21)32-16-14-31(4)15-17-32/h5-11,27,29H,2,12-17H2,1,3-4H3,(H2,28,35)/b7-6-,19-5+,27-25?. The maximum Gasteiger partial charge on any atom is 0.269 e. The molecule has 35 heavy (non-hydrogen) atoms. The number of nitrogens with zero attached hydrogens (tertiary/aromatic N) is 5. The highest BCUT2D eigenvalue weighted by atomic mass is 16.1. The van der Waals surface area contributed by atoms with Crippen LogP contribution in [-0.4, -0.2) is 73.2 Å². The SMILES string of the molecule is C=C(/C=C\C(=C/C)NC)n1nc(C(N)=O)c2c1C(=N)N(c1ccc(N3CCN(C)CC3)cc1)CC2. The second-order valence-electron chi connectivity index (χ2n) is 8.83. The maximum absolute atomic E-state index is 12.1. The second-order valence-corrected chi connectivity index (χ2v) is 8.83. The van der Waals surface area contributed by atoms with E-state index in [1.165, 1.54) is 5.69 Å². The summed E-state index contributed by atoms with van der Waals surface area (Å²) in [5, 5.41) is 16.6. The first-order chi connectivity index (χ1) is 16.8. The van der Waals surface area contributed by atoms with Crippen LogP contribution >= 0.6 is 0 Å². The van der Waals surface area contributed by atoms with Gasteiger partial charge in [0.25, 0.3) is 5.91 Å². The third-order valence-electron chi connectivity index (χ3n) is 6.65. The molecule has 0 aliphatic carbocycles. The Morgan fingerprint density at radius 2 is 1.77 bits per heavy atom. The predicted octanol–water partition coefficient (Wildman–Crippen LogP) is 2.27. The number of nitrogens with two attached hydrogens (primary N) is 1. The van der Waals surface area contributed by atoms with E-state index < -0.39 is 5.91 Å². The van der Waals surface area contributed by atoms with Crippen molar-refractivity contribution >= 4 is 28.8 Å². The summed E-state index contributed by atoms with van der Waals surface area (Å²) in [6.45, 7) is 10.7. The van der Waals surface area contributed by atoms with Crippen molar-refractivity contribution in [2.24, 2.45) is 5.73 Å². The Morgan fingerprint density at radius 3 is 2.37 bits per heavy atom. The van der Waals surface area contributed by atoms with Crippen LogP contribution in [0.4, 0.5) is 11.4 Å². The third-order valence-corrected chi connectivity index (χ3v) is 6.65. The number of anilines is 2. The molecular formula is C26H34N8O. The molecule has 2 aromatic rings. The first-order valence-corrected chi connectivity index (χ1v) is 11.9. The lowest BCUT2D eigenvalue weighted by Crippen LogP contribution is -2.44. The van der Waals surface area contributed by atoms with Crippen molar-refractivity contribution in [3.63, 3.8) is 0 Å². The quantitative estimate of drug-likeness (QED) is 0.532. The number of likely N-dealkylation sites (N-methyl/N-ethyl adjacent to an activating group) is 2. The summed E-state index contributed by atoms with van der Waals surface area (Å²) < 4.78 is 1.56. The topological polar surface area (TPSA) is 107 Å². The van der Waals surface area contributed by atoms with Gasteiger partial charge >= 0.3 is 0 Å². The molecule has 1 saturated heterocycles. The molecule has 2 aliphatic heterocycles. The fraction of sp³-hybridized carbons (Fsp3) is 0.346. The van der Waals surface area contributed by atoms with E-state index in [1.54, 1.807) is 10.8 Å². The number of allylic oxidation sites excluding steroid dienone is 4. The van der Waals surface area contributed by atoms with Gasteiger partial charge in [0.15, 0.2) is 11.5 Å². The van der Waals surface area contributed by atoms with E-state index in [9.17, 15) is 4.79 Å². The van der Waals surface area contributed by atoms with Gasteiger partial charge in [-0.05, 0) is 56.8 Å². The monoisotopic (exact) mass is 474 g/mol. The van der Waals surface area contributed by atoms with Crippen LogP contribution < -0.4 is 20.9 Å². The lowest BCUT2D eigenvalue weighted by atomic mass is 10.0. The third kappa shape index (κ3) is 4.85. The molecule has 4 N–H and O–H groups in total. The number of amidine groups is 1. The van der Waals surface area contributed by atoms with Gasteiger partial charge in [0.2, 0.25) is 0 Å². The van der Waals surface area contributed by atoms with Crippen molar-refractivity contribution in [1.29, 1.82) is 5.41 Å². The molecule has 1 fully saturated rings. The number of amides is 1. The molecule has 184 valence electrons. The Morgan fingerprint density at radius 1 is 1.11 bits per heavy atom. The number of benzene rings is 1. The molecular weight excluding hydrogens is 440 g/mol. The van der Waals surface area contributed by atoms with Gasteiger partial charge in [0.05, 0.1) is 5.70 Å². The van der Waals surface area contributed by atoms with E-state index in [4.69, 9.17) is 11.1 Å². The molecule has 4 rings (SSSR count). The van der Waals surface area contributed by atoms with Gasteiger partial charge in [-0.2, -0.15) is 5.10 Å². The molecule has 9 heteroatoms. The van der Waals surface area contributed by atoms with Gasteiger partial charge in [-0.1, -0.05) is 12.7 Å². The predicted molar refractivity (Wildman–Crippen MR) is 142 cm³/mol. The first-order valence-electron chi connectivity index (χ1n) is 11.9. The average Bonchev–Trinajstić information content (AvgIpc) is 3.26. The Hall–Kier alpha value is -3.85. The Labute approximate surface area is 206 Å². The number of fused-ring (bicyclic) bond motifs is 1. The van der Waals surface area contributed by atoms with Crippen molar-refractivity contribution in [2.75, 3.05) is 56.6 Å². The molecule has 2 aliphatic rings. The van der Waals surface area contributed by atoms with Crippen LogP contribution in [0, 0.1) is 5.41 Å². The van der Waals surface area contributed by atoms with E-state index in [-0.39, 0.29) is 11.5 Å². The summed E-state index contributed by atoms with van der Waals surface area (Å²) in [6, 6.07) is 8.35. The minimum atomic E-state index is -0.598. The molecule has 9 nitrogen and oxygen atoms in total. The van der Waals surface area contributed by atoms with Crippen molar-refractivity contribution < 1.29 is 4.79 Å². The van der Waals surface area contributed by atoms with Gasteiger partial charge in [-0.15, -0.1) is 0 Å². The zero-order valence-electron chi connectivity index (χ0n) is 20.7. The van der Waals surface area contributed by atoms with Crippen molar-refractivity contribution in [1.82, 2.24) is 20.0 Å². The van der Waals surface area contributed by atoms with Crippen LogP contribution in [0.2, 0.25) is 0 Å². The summed E-state index contributed by atoms with van der Waals surface area (Å²) in [7, 11) is 3.99. The highest BCUT2D eigenvalue weighted by Gasteiger charge is 2.32. The Balaban J connectivity index is 1.62. The maximum atomic E-state index is 12.1. The number of primary amides is 1. The highest BCUT2D eigenvalue weighted by molar-refractivity contribution is 6.11. The van der Waals surface area contributed by atoms with Crippen molar-refractivity contribution in [3.8, 4) is 0 Å². The number of rotatable bonds is 7. The van der Waals surface area contributed by atoms with Gasteiger partial charge < -0.3 is 25.8 Å². The van der Waals surface area contributed by atoms with Crippen LogP contribution in [0.25, 0.3) is 5.70 Å². The zero-order chi connectivity index (χ0) is 25.1. The van der Waals surface area contributed by atoms with E-state index in [0.717, 1.165) is 37.6 Å². The van der Waals surface area contributed by atoms with Crippen molar-refractivity contribution in [3.05, 3.63) is 71.7 Å². The smallest absolute Gasteiger partial charge is 0.269 e. The highest BCUT2D eigenvalue weighted by Crippen LogP contribution is 2.30. The number of hydrogen-bond donors (Lipinski definition) is 3. The molecule has 0 spiro atoms. The first kappa shape index (κ1) is 24.3. The molecule has 0 unspecified atom stereocenters. The molecule has 0 atom stereocenters. The largest absolute Gasteiger partial charge is 0.388 e. The van der Waals surface area contributed by atoms with E-state index in [0.29, 0.717) is 29.9 Å². The van der Waals surface area contributed by atoms with Crippen LogP contribution in [-0.2, 0) is 6.42 Å². The van der Waals surface area contributed by atoms with Crippen LogP contribution in [0.15, 0.2) is 54.8 Å². The Bertz CT molecular complexity index is 1180. The molecule has 0 radical (unpaired) electrons. The lowest BCUT2D eigenvalue weighted by Gasteiger charge is -2.34. The normalized spacial score (nSPS) is 17.1. The summed E-state index contributed by atoms with van der Waals surface area (Å²) in [5.74, 6) is -0.327. The van der Waals surface area contributed by atoms with Crippen molar-refractivity contribution in [2.45, 2.75) is 13.3 Å². The van der Waals surface area contributed by atoms with E-state index >= 15 is 0 Å². The summed E-state index contributed by atoms with van der Waals surface area (Å²) in [4.78, 5) is 18.8. The number of hydrogen-bond acceptors (Lipinski definition) is 6. The van der Waals surface area contributed by atoms with Gasteiger partial charge in [0.1, 0.15) is 5.69 Å². The number of carbonyl (C=O) groups is 1. The minimum absolute atomic E-state index is 0.198. The van der Waals surface area contributed by atoms with Gasteiger partial charge in [-0.25, -0.2) is 4.68 Å². The Kier molecular flexibility index (Phi) is 7.07. The molecule has 1 aromatic carbocycles. The summed E-state index contributed by atoms with van der Waals surface area (Å²) in [6.07, 6.45) is 6.18. The molecule has 3 heterocycles. The number of nitrogens with one attached hydrogen (secondary N) is 2. The fourth-order valence-corrected chi connectivity index (χ4v) is 4.55. The molecule has 1 amide bonds. The van der Waals surface area contributed by atoms with Crippen LogP contribution in [0.1, 0.15) is 28.7 Å².